The third-order valence-electron chi connectivity index (χ3n) is 5.97. The number of fused-ring (bicyclic) bond motifs is 2. The predicted molar refractivity (Wildman–Crippen MR) is 137 cm³/mol. The summed E-state index contributed by atoms with van der Waals surface area (Å²) in [5, 5.41) is 20.5. The van der Waals surface area contributed by atoms with Crippen LogP contribution in [0.3, 0.4) is 0 Å². The van der Waals surface area contributed by atoms with E-state index in [0.717, 1.165) is 5.56 Å². The van der Waals surface area contributed by atoms with E-state index in [-0.39, 0.29) is 37.5 Å². The molecule has 3 atom stereocenters. The minimum atomic E-state index is -1.05. The quantitative estimate of drug-likeness (QED) is 0.336. The first-order valence-corrected chi connectivity index (χ1v) is 13.1. The minimum Gasteiger partial charge on any atom is -0.445 e. The smallest absolute Gasteiger partial charge is 0.407 e. The van der Waals surface area contributed by atoms with Gasteiger partial charge in [0.05, 0.1) is 12.6 Å². The average molecular weight is 531 g/mol. The molecule has 200 valence electrons. The van der Waals surface area contributed by atoms with Crippen LogP contribution in [0.15, 0.2) is 30.3 Å². The highest BCUT2D eigenvalue weighted by molar-refractivity contribution is 7.11. The van der Waals surface area contributed by atoms with Gasteiger partial charge in [-0.3, -0.25) is 14.4 Å². The lowest BCUT2D eigenvalue weighted by atomic mass is 9.99. The molecule has 0 fully saturated rings. The van der Waals surface area contributed by atoms with Crippen molar-refractivity contribution in [3.63, 3.8) is 0 Å². The molecule has 37 heavy (non-hydrogen) atoms. The molecule has 3 unspecified atom stereocenters. The largest absolute Gasteiger partial charge is 0.445 e. The number of nitrogens with zero attached hydrogens (tertiary/aromatic N) is 2. The van der Waals surface area contributed by atoms with Gasteiger partial charge in [-0.2, -0.15) is 0 Å². The number of aromatic nitrogens is 2. The summed E-state index contributed by atoms with van der Waals surface area (Å²) in [6, 6.07) is 7.34. The van der Waals surface area contributed by atoms with Gasteiger partial charge < -0.3 is 26.0 Å². The van der Waals surface area contributed by atoms with E-state index in [4.69, 9.17) is 4.74 Å². The number of hydrogen-bond acceptors (Lipinski definition) is 9. The van der Waals surface area contributed by atoms with Gasteiger partial charge in [-0.15, -0.1) is 10.2 Å². The van der Waals surface area contributed by atoms with Crippen LogP contribution in [0.4, 0.5) is 4.79 Å². The normalized spacial score (nSPS) is 17.3. The van der Waals surface area contributed by atoms with Gasteiger partial charge in [0, 0.05) is 19.0 Å². The Morgan fingerprint density at radius 1 is 1.08 bits per heavy atom. The van der Waals surface area contributed by atoms with Crippen LogP contribution in [-0.4, -0.2) is 58.6 Å². The zero-order chi connectivity index (χ0) is 26.9. The van der Waals surface area contributed by atoms with Crippen LogP contribution in [0.5, 0.6) is 0 Å². The van der Waals surface area contributed by atoms with Crippen LogP contribution < -0.4 is 21.3 Å². The summed E-state index contributed by atoms with van der Waals surface area (Å²) < 4.78 is 5.33. The fourth-order valence-corrected chi connectivity index (χ4v) is 4.57. The molecule has 1 aliphatic heterocycles. The Morgan fingerprint density at radius 2 is 1.78 bits per heavy atom. The fourth-order valence-electron chi connectivity index (χ4n) is 3.74. The molecule has 0 radical (unpaired) electrons. The van der Waals surface area contributed by atoms with E-state index in [1.165, 1.54) is 11.3 Å². The molecule has 2 aromatic rings. The van der Waals surface area contributed by atoms with Gasteiger partial charge in [0.1, 0.15) is 22.7 Å². The number of carbonyl (C=O) groups is 4. The Hall–Kier alpha value is -3.38. The zero-order valence-corrected chi connectivity index (χ0v) is 22.3. The highest BCUT2D eigenvalue weighted by Gasteiger charge is 2.33. The summed E-state index contributed by atoms with van der Waals surface area (Å²) in [5.74, 6) is -1.99. The molecule has 1 aromatic carbocycles. The van der Waals surface area contributed by atoms with Gasteiger partial charge in [0.25, 0.3) is 5.91 Å². The number of hydrogen-bond donors (Lipinski definition) is 4. The maximum Gasteiger partial charge on any atom is 0.407 e. The summed E-state index contributed by atoms with van der Waals surface area (Å²) in [5.41, 5.74) is 0.881. The monoisotopic (exact) mass is 530 g/mol. The lowest BCUT2D eigenvalue weighted by Gasteiger charge is -2.28. The SMILES string of the molecule is CC(C)C(CNC(C(=O)NC1Cc2nnc(s2)CNC(=O)C1=O)C(C)C)NC(=O)OCc1ccccc1. The second kappa shape index (κ2) is 13.2. The van der Waals surface area contributed by atoms with E-state index in [2.05, 4.69) is 31.5 Å². The summed E-state index contributed by atoms with van der Waals surface area (Å²) >= 11 is 1.29. The van der Waals surface area contributed by atoms with Crippen molar-refractivity contribution in [2.24, 2.45) is 11.8 Å². The van der Waals surface area contributed by atoms with Crippen LogP contribution in [-0.2, 0) is 38.7 Å². The fraction of sp³-hybridized carbons (Fsp3) is 0.520. The van der Waals surface area contributed by atoms with Crippen LogP contribution in [0.25, 0.3) is 0 Å². The zero-order valence-electron chi connectivity index (χ0n) is 21.4. The third kappa shape index (κ3) is 8.32. The Balaban J connectivity index is 1.59. The van der Waals surface area contributed by atoms with E-state index in [1.54, 1.807) is 0 Å². The average Bonchev–Trinajstić information content (AvgIpc) is 3.33. The van der Waals surface area contributed by atoms with Crippen molar-refractivity contribution in [3.05, 3.63) is 45.9 Å². The van der Waals surface area contributed by atoms with Crippen LogP contribution in [0, 0.1) is 11.8 Å². The topological polar surface area (TPSA) is 151 Å². The molecule has 3 rings (SSSR count). The van der Waals surface area contributed by atoms with E-state index in [0.29, 0.717) is 16.6 Å². The maximum atomic E-state index is 13.2. The van der Waals surface area contributed by atoms with Crippen molar-refractivity contribution in [3.8, 4) is 0 Å². The molecule has 0 saturated carbocycles. The van der Waals surface area contributed by atoms with Crippen LogP contribution in [0.2, 0.25) is 0 Å². The standard InChI is InChI=1S/C25H34N6O5S/c1-14(2)18(29-25(35)36-13-16-8-6-5-7-9-16)11-26-21(15(3)4)23(33)28-17-10-19-30-31-20(37-19)12-27-24(34)22(17)32/h5-9,14-15,17-18,21,26H,10-13H2,1-4H3,(H,27,34)(H,28,33)(H,29,35). The van der Waals surface area contributed by atoms with E-state index >= 15 is 0 Å². The van der Waals surface area contributed by atoms with Crippen molar-refractivity contribution in [1.82, 2.24) is 31.5 Å². The Kier molecular flexibility index (Phi) is 10.1. The van der Waals surface area contributed by atoms with Gasteiger partial charge in [-0.1, -0.05) is 69.4 Å². The number of benzene rings is 1. The van der Waals surface area contributed by atoms with Gasteiger partial charge in [-0.05, 0) is 17.4 Å². The third-order valence-corrected chi connectivity index (χ3v) is 6.92. The van der Waals surface area contributed by atoms with Crippen molar-refractivity contribution < 1.29 is 23.9 Å². The Bertz CT molecular complexity index is 1090. The molecule has 11 nitrogen and oxygen atoms in total. The molecule has 3 amide bonds. The number of alkyl carbamates (subject to hydrolysis) is 1. The lowest BCUT2D eigenvalue weighted by molar-refractivity contribution is -0.140. The molecule has 1 aliphatic rings. The van der Waals surface area contributed by atoms with Crippen molar-refractivity contribution in [1.29, 1.82) is 0 Å². The molecule has 1 aromatic heterocycles. The van der Waals surface area contributed by atoms with E-state index < -0.39 is 35.8 Å². The van der Waals surface area contributed by atoms with Crippen molar-refractivity contribution in [2.45, 2.75) is 65.4 Å². The number of amides is 3. The first-order valence-electron chi connectivity index (χ1n) is 12.3. The van der Waals surface area contributed by atoms with Crippen molar-refractivity contribution in [2.75, 3.05) is 6.54 Å². The molecule has 2 heterocycles. The minimum absolute atomic E-state index is 0.0545. The Morgan fingerprint density at radius 3 is 2.46 bits per heavy atom. The summed E-state index contributed by atoms with van der Waals surface area (Å²) in [4.78, 5) is 50.5. The molecule has 2 bridgehead atoms. The summed E-state index contributed by atoms with van der Waals surface area (Å²) in [6.45, 7) is 8.24. The number of ketones is 1. The summed E-state index contributed by atoms with van der Waals surface area (Å²) in [6.07, 6.45) is -0.460. The molecule has 4 N–H and O–H groups in total. The summed E-state index contributed by atoms with van der Waals surface area (Å²) in [7, 11) is 0. The number of rotatable bonds is 10. The first-order chi connectivity index (χ1) is 17.6. The molecule has 0 aliphatic carbocycles. The van der Waals surface area contributed by atoms with E-state index in [9.17, 15) is 19.2 Å². The molecular formula is C25H34N6O5S. The molecule has 0 spiro atoms. The second-order valence-corrected chi connectivity index (χ2v) is 10.7. The first kappa shape index (κ1) is 28.2. The number of Topliss-reactive ketones (excluding diaryl/α,β-unsaturated/α-hetero) is 1. The van der Waals surface area contributed by atoms with Gasteiger partial charge >= 0.3 is 6.09 Å². The van der Waals surface area contributed by atoms with Crippen LogP contribution >= 0.6 is 11.3 Å². The Labute approximate surface area is 220 Å². The molecular weight excluding hydrogens is 496 g/mol. The number of nitrogens with one attached hydrogen (secondary N) is 4. The number of ether oxygens (including phenoxy) is 1. The van der Waals surface area contributed by atoms with Gasteiger partial charge in [0.2, 0.25) is 11.7 Å². The van der Waals surface area contributed by atoms with Crippen molar-refractivity contribution >= 4 is 35.0 Å². The predicted octanol–water partition coefficient (Wildman–Crippen LogP) is 1.33. The number of carbonyl (C=O) groups excluding carboxylic acids is 4. The lowest BCUT2D eigenvalue weighted by Crippen LogP contribution is -2.57. The highest BCUT2D eigenvalue weighted by atomic mass is 32.1. The van der Waals surface area contributed by atoms with E-state index in [1.807, 2.05) is 58.0 Å². The maximum absolute atomic E-state index is 13.2. The molecule has 12 heteroatoms. The molecule has 0 saturated heterocycles. The van der Waals surface area contributed by atoms with Crippen LogP contribution in [0.1, 0.15) is 43.3 Å². The van der Waals surface area contributed by atoms with Gasteiger partial charge in [-0.25, -0.2) is 4.79 Å². The highest BCUT2D eigenvalue weighted by Crippen LogP contribution is 2.15. The second-order valence-electron chi connectivity index (χ2n) is 9.59. The van der Waals surface area contributed by atoms with Gasteiger partial charge in [0.15, 0.2) is 0 Å².